The van der Waals surface area contributed by atoms with Gasteiger partial charge in [-0.25, -0.2) is 22.8 Å². The van der Waals surface area contributed by atoms with Crippen molar-refractivity contribution in [3.8, 4) is 17.0 Å². The Hall–Kier alpha value is -2.43. The minimum Gasteiger partial charge on any atom is -0.496 e. The maximum Gasteiger partial charge on any atom is 0.184 e. The average Bonchev–Trinajstić information content (AvgIpc) is 3.21. The molecule has 0 amide bonds. The minimum absolute atomic E-state index is 0.136. The smallest absolute Gasteiger partial charge is 0.184 e. The first kappa shape index (κ1) is 19.9. The number of ether oxygens (including phenoxy) is 1. The molecule has 4 aromatic rings. The van der Waals surface area contributed by atoms with E-state index in [-0.39, 0.29) is 15.1 Å². The van der Waals surface area contributed by atoms with Crippen molar-refractivity contribution in [2.45, 2.75) is 10.6 Å². The Morgan fingerprint density at radius 3 is 2.72 bits per heavy atom. The highest BCUT2D eigenvalue weighted by atomic mass is 79.9. The number of benzene rings is 2. The number of nitrogens with zero attached hydrogens (tertiary/aromatic N) is 3. The van der Waals surface area contributed by atoms with Gasteiger partial charge in [-0.15, -0.1) is 0 Å². The van der Waals surface area contributed by atoms with Crippen molar-refractivity contribution in [2.24, 2.45) is 0 Å². The fourth-order valence-electron chi connectivity index (χ4n) is 2.92. The Morgan fingerprint density at radius 1 is 1.17 bits per heavy atom. The Kier molecular flexibility index (Phi) is 5.32. The van der Waals surface area contributed by atoms with Crippen molar-refractivity contribution in [1.29, 1.82) is 0 Å². The standard InChI is InChI=1S/C19H13BrFN3O3S2/c1-27-18-8-15(20)16(21)7-14(18)19-13-3-2-12(6-17(13)22-10-23-19)29(25,26)9-11-4-5-28-24-11/h2-8,10H,9H2,1H3. The van der Waals surface area contributed by atoms with Crippen LogP contribution < -0.4 is 4.74 Å². The molecule has 0 aliphatic heterocycles. The van der Waals surface area contributed by atoms with Crippen LogP contribution in [-0.2, 0) is 15.6 Å². The minimum atomic E-state index is -3.58. The molecule has 0 atom stereocenters. The van der Waals surface area contributed by atoms with Crippen LogP contribution in [0.2, 0.25) is 0 Å². The van der Waals surface area contributed by atoms with Crippen LogP contribution in [0.1, 0.15) is 5.69 Å². The van der Waals surface area contributed by atoms with Crippen LogP contribution in [-0.4, -0.2) is 29.9 Å². The lowest BCUT2D eigenvalue weighted by molar-refractivity contribution is 0.415. The molecule has 0 bridgehead atoms. The largest absolute Gasteiger partial charge is 0.496 e. The van der Waals surface area contributed by atoms with Gasteiger partial charge in [0.1, 0.15) is 17.9 Å². The highest BCUT2D eigenvalue weighted by Crippen LogP contribution is 2.36. The first-order valence-electron chi connectivity index (χ1n) is 8.29. The van der Waals surface area contributed by atoms with E-state index in [4.69, 9.17) is 4.74 Å². The van der Waals surface area contributed by atoms with Crippen molar-refractivity contribution >= 4 is 48.2 Å². The van der Waals surface area contributed by atoms with Crippen LogP contribution in [0.15, 0.2) is 57.5 Å². The summed E-state index contributed by atoms with van der Waals surface area (Å²) in [5.74, 6) is -0.223. The van der Waals surface area contributed by atoms with E-state index in [0.717, 1.165) is 0 Å². The van der Waals surface area contributed by atoms with Crippen molar-refractivity contribution in [2.75, 3.05) is 7.11 Å². The third-order valence-corrected chi connectivity index (χ3v) is 7.15. The molecule has 0 spiro atoms. The van der Waals surface area contributed by atoms with Gasteiger partial charge < -0.3 is 4.74 Å². The molecule has 0 radical (unpaired) electrons. The number of fused-ring (bicyclic) bond motifs is 1. The second kappa shape index (κ2) is 7.77. The van der Waals surface area contributed by atoms with Gasteiger partial charge in [-0.2, -0.15) is 4.37 Å². The van der Waals surface area contributed by atoms with E-state index in [1.807, 2.05) is 0 Å². The molecule has 0 N–H and O–H groups in total. The average molecular weight is 494 g/mol. The maximum absolute atomic E-state index is 14.2. The van der Waals surface area contributed by atoms with Crippen molar-refractivity contribution in [3.63, 3.8) is 0 Å². The van der Waals surface area contributed by atoms with Crippen molar-refractivity contribution in [3.05, 3.63) is 64.1 Å². The van der Waals surface area contributed by atoms with Crippen LogP contribution >= 0.6 is 27.5 Å². The topological polar surface area (TPSA) is 82.0 Å². The lowest BCUT2D eigenvalue weighted by Gasteiger charge is -2.12. The lowest BCUT2D eigenvalue weighted by Crippen LogP contribution is -2.05. The molecule has 6 nitrogen and oxygen atoms in total. The third-order valence-electron chi connectivity index (χ3n) is 4.29. The number of methoxy groups -OCH3 is 1. The van der Waals surface area contributed by atoms with E-state index in [2.05, 4.69) is 30.3 Å². The zero-order chi connectivity index (χ0) is 20.6. The zero-order valence-corrected chi connectivity index (χ0v) is 18.2. The van der Waals surface area contributed by atoms with Crippen molar-refractivity contribution in [1.82, 2.24) is 14.3 Å². The molecule has 29 heavy (non-hydrogen) atoms. The Labute approximate surface area is 178 Å². The Bertz CT molecular complexity index is 1310. The summed E-state index contributed by atoms with van der Waals surface area (Å²) < 4.78 is 49.3. The van der Waals surface area contributed by atoms with E-state index in [1.54, 1.807) is 17.5 Å². The summed E-state index contributed by atoms with van der Waals surface area (Å²) in [4.78, 5) is 8.61. The molecule has 148 valence electrons. The second-order valence-corrected chi connectivity index (χ2v) is 9.63. The number of halogens is 2. The Balaban J connectivity index is 1.83. The second-order valence-electron chi connectivity index (χ2n) is 6.12. The molecule has 2 aromatic heterocycles. The molecule has 0 saturated heterocycles. The van der Waals surface area contributed by atoms with E-state index >= 15 is 0 Å². The summed E-state index contributed by atoms with van der Waals surface area (Å²) >= 11 is 4.34. The van der Waals surface area contributed by atoms with Crippen LogP contribution in [0.25, 0.3) is 22.2 Å². The monoisotopic (exact) mass is 493 g/mol. The normalized spacial score (nSPS) is 11.7. The first-order chi connectivity index (χ1) is 13.9. The summed E-state index contributed by atoms with van der Waals surface area (Å²) in [6.45, 7) is 0. The molecular formula is C19H13BrFN3O3S2. The van der Waals surface area contributed by atoms with E-state index < -0.39 is 15.7 Å². The summed E-state index contributed by atoms with van der Waals surface area (Å²) in [5.41, 5.74) is 1.81. The van der Waals surface area contributed by atoms with Gasteiger partial charge in [-0.1, -0.05) is 0 Å². The number of rotatable bonds is 5. The van der Waals surface area contributed by atoms with Crippen LogP contribution in [0, 0.1) is 5.82 Å². The van der Waals surface area contributed by atoms with Gasteiger partial charge in [0.25, 0.3) is 0 Å². The lowest BCUT2D eigenvalue weighted by atomic mass is 10.1. The van der Waals surface area contributed by atoms with Gasteiger partial charge in [0.2, 0.25) is 0 Å². The van der Waals surface area contributed by atoms with E-state index in [1.165, 1.54) is 49.2 Å². The molecule has 10 heteroatoms. The zero-order valence-electron chi connectivity index (χ0n) is 15.0. The SMILES string of the molecule is COc1cc(Br)c(F)cc1-c1ncnc2cc(S(=O)(=O)Cc3ccsn3)ccc12. The van der Waals surface area contributed by atoms with Gasteiger partial charge >= 0.3 is 0 Å². The Morgan fingerprint density at radius 2 is 2.00 bits per heavy atom. The number of sulfone groups is 1. The molecule has 2 aromatic carbocycles. The number of hydrogen-bond acceptors (Lipinski definition) is 7. The fraction of sp³-hybridized carbons (Fsp3) is 0.105. The van der Waals surface area contributed by atoms with Crippen LogP contribution in [0.5, 0.6) is 5.75 Å². The highest BCUT2D eigenvalue weighted by molar-refractivity contribution is 9.10. The number of aromatic nitrogens is 3. The number of hydrogen-bond donors (Lipinski definition) is 0. The molecule has 0 aliphatic rings. The molecule has 4 rings (SSSR count). The summed E-state index contributed by atoms with van der Waals surface area (Å²) in [6, 6.07) is 9.13. The molecule has 0 saturated carbocycles. The quantitative estimate of drug-likeness (QED) is 0.402. The molecule has 0 aliphatic carbocycles. The van der Waals surface area contributed by atoms with E-state index in [9.17, 15) is 12.8 Å². The van der Waals surface area contributed by atoms with Gasteiger partial charge in [0.15, 0.2) is 9.84 Å². The maximum atomic E-state index is 14.2. The first-order valence-corrected chi connectivity index (χ1v) is 11.6. The summed E-state index contributed by atoms with van der Waals surface area (Å²) in [6.07, 6.45) is 1.31. The van der Waals surface area contributed by atoms with Gasteiger partial charge in [0, 0.05) is 16.3 Å². The highest BCUT2D eigenvalue weighted by Gasteiger charge is 2.20. The van der Waals surface area contributed by atoms with Crippen LogP contribution in [0.3, 0.4) is 0 Å². The summed E-state index contributed by atoms with van der Waals surface area (Å²) in [5, 5.41) is 2.32. The fourth-order valence-corrected chi connectivity index (χ4v) is 5.14. The molecule has 0 fully saturated rings. The van der Waals surface area contributed by atoms with E-state index in [0.29, 0.717) is 33.6 Å². The molecule has 0 unspecified atom stereocenters. The van der Waals surface area contributed by atoms with Crippen LogP contribution in [0.4, 0.5) is 4.39 Å². The third kappa shape index (κ3) is 3.87. The predicted molar refractivity (Wildman–Crippen MR) is 112 cm³/mol. The predicted octanol–water partition coefficient (Wildman–Crippen LogP) is 4.64. The molecular weight excluding hydrogens is 481 g/mol. The van der Waals surface area contributed by atoms with Gasteiger partial charge in [0.05, 0.1) is 39.1 Å². The summed E-state index contributed by atoms with van der Waals surface area (Å²) in [7, 11) is -2.10. The van der Waals surface area contributed by atoms with Gasteiger partial charge in [-0.3, -0.25) is 0 Å². The van der Waals surface area contributed by atoms with Crippen molar-refractivity contribution < 1.29 is 17.5 Å². The molecule has 2 heterocycles. The van der Waals surface area contributed by atoms with Gasteiger partial charge in [-0.05, 0) is 63.9 Å².